The average Bonchev–Trinajstić information content (AvgIpc) is 2.42. The fraction of sp³-hybridized carbons (Fsp3) is 0.800. The van der Waals surface area contributed by atoms with Crippen molar-refractivity contribution in [3.63, 3.8) is 0 Å². The SMILES string of the molecule is C=C(C)C(=O)OCCOP(=O)(OCCCC)OCC[N+](C)(C)C. The quantitative estimate of drug-likeness (QED) is 0.167. The van der Waals surface area contributed by atoms with Crippen LogP contribution in [0.2, 0.25) is 0 Å². The summed E-state index contributed by atoms with van der Waals surface area (Å²) in [5, 5.41) is 0. The zero-order valence-corrected chi connectivity index (χ0v) is 15.9. The Morgan fingerprint density at radius 3 is 2.13 bits per heavy atom. The van der Waals surface area contributed by atoms with E-state index in [0.717, 1.165) is 12.8 Å². The van der Waals surface area contributed by atoms with E-state index in [1.807, 2.05) is 28.1 Å². The van der Waals surface area contributed by atoms with Gasteiger partial charge in [-0.2, -0.15) is 0 Å². The van der Waals surface area contributed by atoms with Crippen molar-refractivity contribution >= 4 is 13.8 Å². The van der Waals surface area contributed by atoms with Gasteiger partial charge in [-0.3, -0.25) is 13.6 Å². The molecular weight excluding hydrogens is 321 g/mol. The molecule has 0 spiro atoms. The van der Waals surface area contributed by atoms with Gasteiger partial charge in [-0.15, -0.1) is 0 Å². The van der Waals surface area contributed by atoms with E-state index in [9.17, 15) is 9.36 Å². The number of nitrogens with zero attached hydrogens (tertiary/aromatic N) is 1. The van der Waals surface area contributed by atoms with Gasteiger partial charge in [0.25, 0.3) is 0 Å². The second kappa shape index (κ2) is 10.9. The fourth-order valence-corrected chi connectivity index (χ4v) is 2.45. The summed E-state index contributed by atoms with van der Waals surface area (Å²) in [6.45, 7) is 8.14. The van der Waals surface area contributed by atoms with Gasteiger partial charge in [0.05, 0.1) is 34.4 Å². The third-order valence-electron chi connectivity index (χ3n) is 2.67. The number of carbonyl (C=O) groups is 1. The van der Waals surface area contributed by atoms with Gasteiger partial charge in [0.1, 0.15) is 19.8 Å². The molecule has 0 saturated carbocycles. The number of ether oxygens (including phenoxy) is 1. The third-order valence-corrected chi connectivity index (χ3v) is 4.17. The molecule has 0 amide bonds. The number of hydrogen-bond acceptors (Lipinski definition) is 6. The first-order chi connectivity index (χ1) is 10.6. The van der Waals surface area contributed by atoms with E-state index in [1.54, 1.807) is 6.92 Å². The molecule has 0 aromatic rings. The highest BCUT2D eigenvalue weighted by molar-refractivity contribution is 7.48. The van der Waals surface area contributed by atoms with Crippen LogP contribution in [0.5, 0.6) is 0 Å². The average molecular weight is 352 g/mol. The first kappa shape index (κ1) is 22.3. The molecule has 7 nitrogen and oxygen atoms in total. The Bertz CT molecular complexity index is 419. The van der Waals surface area contributed by atoms with Crippen molar-refractivity contribution in [2.45, 2.75) is 26.7 Å². The number of unbranched alkanes of at least 4 members (excludes halogenated alkanes) is 1. The molecule has 0 rings (SSSR count). The predicted octanol–water partition coefficient (Wildman–Crippen LogP) is 2.77. The topological polar surface area (TPSA) is 71.1 Å². The van der Waals surface area contributed by atoms with Crippen LogP contribution in [0.25, 0.3) is 0 Å². The van der Waals surface area contributed by atoms with E-state index >= 15 is 0 Å². The molecule has 0 aliphatic carbocycles. The lowest BCUT2D eigenvalue weighted by molar-refractivity contribution is -0.870. The van der Waals surface area contributed by atoms with Gasteiger partial charge in [-0.05, 0) is 13.3 Å². The Kier molecular flexibility index (Phi) is 10.6. The van der Waals surface area contributed by atoms with E-state index in [1.165, 1.54) is 0 Å². The first-order valence-corrected chi connectivity index (χ1v) is 9.22. The molecule has 0 aromatic heterocycles. The van der Waals surface area contributed by atoms with Gasteiger partial charge in [-0.25, -0.2) is 9.36 Å². The molecule has 0 saturated heterocycles. The van der Waals surface area contributed by atoms with Crippen LogP contribution in [0.4, 0.5) is 0 Å². The number of quaternary nitrogens is 1. The van der Waals surface area contributed by atoms with Crippen molar-refractivity contribution in [3.05, 3.63) is 12.2 Å². The predicted molar refractivity (Wildman–Crippen MR) is 89.0 cm³/mol. The molecule has 1 atom stereocenters. The van der Waals surface area contributed by atoms with Crippen LogP contribution in [0.3, 0.4) is 0 Å². The summed E-state index contributed by atoms with van der Waals surface area (Å²) in [6.07, 6.45) is 1.67. The maximum Gasteiger partial charge on any atom is 0.475 e. The molecule has 1 unspecified atom stereocenters. The smallest absolute Gasteiger partial charge is 0.460 e. The number of phosphoric acid groups is 1. The van der Waals surface area contributed by atoms with E-state index in [0.29, 0.717) is 23.2 Å². The number of rotatable bonds is 13. The van der Waals surface area contributed by atoms with E-state index in [4.69, 9.17) is 18.3 Å². The zero-order chi connectivity index (χ0) is 17.9. The Labute approximate surface area is 139 Å². The van der Waals surface area contributed by atoms with Gasteiger partial charge >= 0.3 is 13.8 Å². The Morgan fingerprint density at radius 2 is 1.61 bits per heavy atom. The van der Waals surface area contributed by atoms with Gasteiger partial charge in [0.2, 0.25) is 0 Å². The van der Waals surface area contributed by atoms with Crippen molar-refractivity contribution in [2.75, 3.05) is 54.1 Å². The summed E-state index contributed by atoms with van der Waals surface area (Å²) < 4.78 is 33.9. The lowest BCUT2D eigenvalue weighted by Crippen LogP contribution is -2.37. The molecule has 0 aliphatic rings. The molecule has 0 heterocycles. The summed E-state index contributed by atoms with van der Waals surface area (Å²) in [7, 11) is 2.37. The lowest BCUT2D eigenvalue weighted by Gasteiger charge is -2.25. The van der Waals surface area contributed by atoms with E-state index in [-0.39, 0.29) is 19.8 Å². The molecule has 0 N–H and O–H groups in total. The van der Waals surface area contributed by atoms with Crippen LogP contribution in [-0.4, -0.2) is 64.6 Å². The summed E-state index contributed by atoms with van der Waals surface area (Å²) in [6, 6.07) is 0. The van der Waals surface area contributed by atoms with Crippen molar-refractivity contribution in [1.29, 1.82) is 0 Å². The maximum atomic E-state index is 12.5. The van der Waals surface area contributed by atoms with Crippen molar-refractivity contribution < 1.29 is 32.2 Å². The number of carbonyl (C=O) groups excluding carboxylic acids is 1. The minimum Gasteiger partial charge on any atom is -0.460 e. The minimum absolute atomic E-state index is 0.0362. The van der Waals surface area contributed by atoms with Crippen LogP contribution in [0.15, 0.2) is 12.2 Å². The summed E-state index contributed by atoms with van der Waals surface area (Å²) in [5.74, 6) is -0.513. The summed E-state index contributed by atoms with van der Waals surface area (Å²) >= 11 is 0. The van der Waals surface area contributed by atoms with Gasteiger partial charge in [-0.1, -0.05) is 19.9 Å². The Hall–Kier alpha value is -0.720. The molecule has 23 heavy (non-hydrogen) atoms. The van der Waals surface area contributed by atoms with Gasteiger partial charge in [0, 0.05) is 5.57 Å². The van der Waals surface area contributed by atoms with Crippen LogP contribution in [-0.2, 0) is 27.7 Å². The highest BCUT2D eigenvalue weighted by Gasteiger charge is 2.27. The van der Waals surface area contributed by atoms with E-state index < -0.39 is 13.8 Å². The monoisotopic (exact) mass is 352 g/mol. The lowest BCUT2D eigenvalue weighted by atomic mass is 10.4. The molecule has 0 aromatic carbocycles. The summed E-state index contributed by atoms with van der Waals surface area (Å²) in [4.78, 5) is 11.2. The Balaban J connectivity index is 4.34. The minimum atomic E-state index is -3.64. The largest absolute Gasteiger partial charge is 0.475 e. The zero-order valence-electron chi connectivity index (χ0n) is 15.0. The van der Waals surface area contributed by atoms with Crippen molar-refractivity contribution in [1.82, 2.24) is 0 Å². The second-order valence-electron chi connectivity index (χ2n) is 6.23. The highest BCUT2D eigenvalue weighted by atomic mass is 31.2. The Morgan fingerprint density at radius 1 is 1.04 bits per heavy atom. The summed E-state index contributed by atoms with van der Waals surface area (Å²) in [5.41, 5.74) is 0.298. The van der Waals surface area contributed by atoms with Gasteiger partial charge in [0.15, 0.2) is 0 Å². The van der Waals surface area contributed by atoms with Crippen LogP contribution in [0, 0.1) is 0 Å². The molecule has 8 heteroatoms. The number of hydrogen-bond donors (Lipinski definition) is 0. The van der Waals surface area contributed by atoms with E-state index in [2.05, 4.69) is 6.58 Å². The van der Waals surface area contributed by atoms with Crippen molar-refractivity contribution in [3.8, 4) is 0 Å². The highest BCUT2D eigenvalue weighted by Crippen LogP contribution is 2.49. The third kappa shape index (κ3) is 12.4. The molecule has 0 radical (unpaired) electrons. The molecular formula is C15H31NO6P+. The number of likely N-dealkylation sites (N-methyl/N-ethyl adjacent to an activating group) is 1. The molecule has 0 fully saturated rings. The van der Waals surface area contributed by atoms with Crippen LogP contribution < -0.4 is 0 Å². The van der Waals surface area contributed by atoms with Crippen LogP contribution >= 0.6 is 7.82 Å². The van der Waals surface area contributed by atoms with Crippen LogP contribution in [0.1, 0.15) is 26.7 Å². The maximum absolute atomic E-state index is 12.5. The number of esters is 1. The molecule has 0 aliphatic heterocycles. The normalized spacial score (nSPS) is 14.3. The van der Waals surface area contributed by atoms with Crippen molar-refractivity contribution in [2.24, 2.45) is 0 Å². The first-order valence-electron chi connectivity index (χ1n) is 7.76. The standard InChI is InChI=1S/C15H31NO6P/c1-7-8-10-20-23(18,21-11-9-16(4,5)6)22-13-12-19-15(17)14(2)3/h2,7-13H2,1,3-6H3/q+1. The second-order valence-corrected chi connectivity index (χ2v) is 7.90. The fourth-order valence-electron chi connectivity index (χ4n) is 1.27. The number of phosphoric ester groups is 1. The molecule has 0 bridgehead atoms. The van der Waals surface area contributed by atoms with Gasteiger partial charge < -0.3 is 9.22 Å². The molecule has 136 valence electrons.